The number of carbonyl (C=O) groups excluding carboxylic acids is 1. The van der Waals surface area contributed by atoms with Crippen LogP contribution >= 0.6 is 23.7 Å². The van der Waals surface area contributed by atoms with E-state index in [0.29, 0.717) is 18.3 Å². The van der Waals surface area contributed by atoms with Crippen LogP contribution in [0.25, 0.3) is 0 Å². The summed E-state index contributed by atoms with van der Waals surface area (Å²) in [6, 6.07) is 4.50. The van der Waals surface area contributed by atoms with Crippen molar-refractivity contribution in [2.75, 3.05) is 13.1 Å². The quantitative estimate of drug-likeness (QED) is 0.847. The zero-order valence-electron chi connectivity index (χ0n) is 11.6. The minimum atomic E-state index is 0. The fourth-order valence-electron chi connectivity index (χ4n) is 2.86. The van der Waals surface area contributed by atoms with E-state index in [2.05, 4.69) is 28.1 Å². The van der Waals surface area contributed by atoms with Crippen molar-refractivity contribution in [3.63, 3.8) is 0 Å². The standard InChI is InChI=1S/C15H22N2OS.ClH/c18-14(6-3-11-7-8-16-10-11)17-15(12-4-5-12)13-2-1-9-19-13;/h1-2,9,11-12,15-16H,3-8,10H2,(H,17,18);1H. The average molecular weight is 315 g/mol. The second-order valence-corrected chi connectivity index (χ2v) is 6.77. The van der Waals surface area contributed by atoms with Gasteiger partial charge in [0, 0.05) is 11.3 Å². The summed E-state index contributed by atoms with van der Waals surface area (Å²) in [5, 5.41) is 8.71. The molecule has 3 rings (SSSR count). The SMILES string of the molecule is Cl.O=C(CCC1CCNC1)NC(c1cccs1)C1CC1. The smallest absolute Gasteiger partial charge is 0.220 e. The van der Waals surface area contributed by atoms with Gasteiger partial charge in [0.15, 0.2) is 0 Å². The molecule has 112 valence electrons. The molecule has 0 aromatic carbocycles. The van der Waals surface area contributed by atoms with E-state index in [9.17, 15) is 4.79 Å². The van der Waals surface area contributed by atoms with E-state index < -0.39 is 0 Å². The summed E-state index contributed by atoms with van der Waals surface area (Å²) in [4.78, 5) is 13.4. The zero-order chi connectivity index (χ0) is 13.1. The summed E-state index contributed by atoms with van der Waals surface area (Å²) in [5.41, 5.74) is 0. The van der Waals surface area contributed by atoms with E-state index >= 15 is 0 Å². The monoisotopic (exact) mass is 314 g/mol. The third kappa shape index (κ3) is 4.21. The molecule has 2 fully saturated rings. The first-order valence-electron chi connectivity index (χ1n) is 7.36. The molecule has 2 N–H and O–H groups in total. The molecule has 1 saturated heterocycles. The molecule has 2 unspecified atom stereocenters. The van der Waals surface area contributed by atoms with Crippen LogP contribution in [-0.2, 0) is 4.79 Å². The number of rotatable bonds is 6. The molecule has 1 amide bonds. The molecule has 3 nitrogen and oxygen atoms in total. The maximum atomic E-state index is 12.1. The van der Waals surface area contributed by atoms with Crippen molar-refractivity contribution in [1.82, 2.24) is 10.6 Å². The maximum absolute atomic E-state index is 12.1. The summed E-state index contributed by atoms with van der Waals surface area (Å²) < 4.78 is 0. The summed E-state index contributed by atoms with van der Waals surface area (Å²) in [7, 11) is 0. The van der Waals surface area contributed by atoms with E-state index in [1.165, 1.54) is 24.1 Å². The molecule has 5 heteroatoms. The van der Waals surface area contributed by atoms with Gasteiger partial charge in [0.2, 0.25) is 5.91 Å². The highest BCUT2D eigenvalue weighted by atomic mass is 35.5. The van der Waals surface area contributed by atoms with Gasteiger partial charge in [0.25, 0.3) is 0 Å². The minimum absolute atomic E-state index is 0. The molecule has 2 atom stereocenters. The van der Waals surface area contributed by atoms with Crippen LogP contribution in [-0.4, -0.2) is 19.0 Å². The van der Waals surface area contributed by atoms with Gasteiger partial charge in [-0.2, -0.15) is 0 Å². The van der Waals surface area contributed by atoms with Crippen molar-refractivity contribution in [2.45, 2.75) is 38.1 Å². The lowest BCUT2D eigenvalue weighted by atomic mass is 10.0. The molecule has 20 heavy (non-hydrogen) atoms. The first kappa shape index (κ1) is 15.8. The first-order chi connectivity index (χ1) is 9.33. The van der Waals surface area contributed by atoms with Gasteiger partial charge in [0.1, 0.15) is 0 Å². The molecule has 1 saturated carbocycles. The Morgan fingerprint density at radius 2 is 2.30 bits per heavy atom. The summed E-state index contributed by atoms with van der Waals surface area (Å²) in [6.45, 7) is 2.20. The lowest BCUT2D eigenvalue weighted by Crippen LogP contribution is -2.29. The molecular weight excluding hydrogens is 292 g/mol. The van der Waals surface area contributed by atoms with Crippen LogP contribution in [0.3, 0.4) is 0 Å². The highest BCUT2D eigenvalue weighted by Gasteiger charge is 2.33. The maximum Gasteiger partial charge on any atom is 0.220 e. The lowest BCUT2D eigenvalue weighted by Gasteiger charge is -2.17. The van der Waals surface area contributed by atoms with Crippen LogP contribution in [0.4, 0.5) is 0 Å². The molecule has 0 radical (unpaired) electrons. The predicted octanol–water partition coefficient (Wildman–Crippen LogP) is 3.13. The van der Waals surface area contributed by atoms with Crippen molar-refractivity contribution >= 4 is 29.7 Å². The van der Waals surface area contributed by atoms with Gasteiger partial charge < -0.3 is 10.6 Å². The van der Waals surface area contributed by atoms with Gasteiger partial charge in [-0.05, 0) is 62.1 Å². The van der Waals surface area contributed by atoms with E-state index in [0.717, 1.165) is 19.5 Å². The average Bonchev–Trinajstić information content (AvgIpc) is 2.93. The number of hydrogen-bond acceptors (Lipinski definition) is 3. The molecule has 0 bridgehead atoms. The number of amides is 1. The number of nitrogens with one attached hydrogen (secondary N) is 2. The van der Waals surface area contributed by atoms with E-state index in [1.807, 2.05) is 0 Å². The highest BCUT2D eigenvalue weighted by Crippen LogP contribution is 2.42. The Morgan fingerprint density at radius 3 is 2.90 bits per heavy atom. The topological polar surface area (TPSA) is 41.1 Å². The zero-order valence-corrected chi connectivity index (χ0v) is 13.3. The largest absolute Gasteiger partial charge is 0.348 e. The van der Waals surface area contributed by atoms with Crippen molar-refractivity contribution < 1.29 is 4.79 Å². The fraction of sp³-hybridized carbons (Fsp3) is 0.667. The molecule has 1 aliphatic carbocycles. The molecule has 2 heterocycles. The fourth-order valence-corrected chi connectivity index (χ4v) is 3.73. The molecule has 1 aliphatic heterocycles. The summed E-state index contributed by atoms with van der Waals surface area (Å²) in [5.74, 6) is 1.61. The van der Waals surface area contributed by atoms with Crippen molar-refractivity contribution in [3.05, 3.63) is 22.4 Å². The minimum Gasteiger partial charge on any atom is -0.348 e. The molecule has 1 aromatic rings. The van der Waals surface area contributed by atoms with Gasteiger partial charge in [0.05, 0.1) is 6.04 Å². The van der Waals surface area contributed by atoms with Crippen LogP contribution in [0.1, 0.15) is 43.0 Å². The number of halogens is 1. The Balaban J connectivity index is 0.00000147. The van der Waals surface area contributed by atoms with Gasteiger partial charge in [-0.1, -0.05) is 6.07 Å². The van der Waals surface area contributed by atoms with E-state index in [1.54, 1.807) is 11.3 Å². The van der Waals surface area contributed by atoms with E-state index in [4.69, 9.17) is 0 Å². The summed E-state index contributed by atoms with van der Waals surface area (Å²) in [6.07, 6.45) is 5.46. The highest BCUT2D eigenvalue weighted by molar-refractivity contribution is 7.10. The van der Waals surface area contributed by atoms with Crippen LogP contribution in [0.5, 0.6) is 0 Å². The van der Waals surface area contributed by atoms with Crippen molar-refractivity contribution in [3.8, 4) is 0 Å². The first-order valence-corrected chi connectivity index (χ1v) is 8.24. The van der Waals surface area contributed by atoms with Gasteiger partial charge in [-0.25, -0.2) is 0 Å². The Morgan fingerprint density at radius 1 is 1.45 bits per heavy atom. The summed E-state index contributed by atoms with van der Waals surface area (Å²) >= 11 is 1.76. The Hall–Kier alpha value is -0.580. The van der Waals surface area contributed by atoms with E-state index in [-0.39, 0.29) is 24.4 Å². The van der Waals surface area contributed by atoms with Crippen LogP contribution in [0, 0.1) is 11.8 Å². The normalized spacial score (nSPS) is 23.1. The lowest BCUT2D eigenvalue weighted by molar-refractivity contribution is -0.122. The van der Waals surface area contributed by atoms with Crippen LogP contribution < -0.4 is 10.6 Å². The Bertz CT molecular complexity index is 414. The van der Waals surface area contributed by atoms with Gasteiger partial charge in [-0.15, -0.1) is 23.7 Å². The third-order valence-corrected chi connectivity index (χ3v) is 5.16. The van der Waals surface area contributed by atoms with Crippen molar-refractivity contribution in [2.24, 2.45) is 11.8 Å². The second-order valence-electron chi connectivity index (χ2n) is 5.80. The second kappa shape index (κ2) is 7.43. The van der Waals surface area contributed by atoms with Crippen molar-refractivity contribution in [1.29, 1.82) is 0 Å². The molecular formula is C15H23ClN2OS. The molecule has 1 aromatic heterocycles. The van der Waals surface area contributed by atoms with Crippen LogP contribution in [0.2, 0.25) is 0 Å². The molecule has 2 aliphatic rings. The van der Waals surface area contributed by atoms with Gasteiger partial charge in [-0.3, -0.25) is 4.79 Å². The van der Waals surface area contributed by atoms with Crippen LogP contribution in [0.15, 0.2) is 17.5 Å². The number of carbonyl (C=O) groups is 1. The Kier molecular flexibility index (Phi) is 5.87. The molecule has 0 spiro atoms. The third-order valence-electron chi connectivity index (χ3n) is 4.20. The number of thiophene rings is 1. The predicted molar refractivity (Wildman–Crippen MR) is 85.4 cm³/mol. The Labute approximate surface area is 130 Å². The van der Waals surface area contributed by atoms with Gasteiger partial charge >= 0.3 is 0 Å². The number of hydrogen-bond donors (Lipinski definition) is 2.